The zero-order chi connectivity index (χ0) is 16.6. The van der Waals surface area contributed by atoms with Crippen LogP contribution in [0.1, 0.15) is 23.4 Å². The molecule has 0 aliphatic carbocycles. The van der Waals surface area contributed by atoms with Crippen molar-refractivity contribution in [2.45, 2.75) is 29.3 Å². The van der Waals surface area contributed by atoms with E-state index in [9.17, 15) is 0 Å². The summed E-state index contributed by atoms with van der Waals surface area (Å²) in [6.07, 6.45) is 6.04. The second-order valence-corrected chi connectivity index (χ2v) is 7.56. The highest BCUT2D eigenvalue weighted by atomic mass is 32.2. The van der Waals surface area contributed by atoms with E-state index in [0.29, 0.717) is 11.0 Å². The van der Waals surface area contributed by atoms with Gasteiger partial charge in [-0.2, -0.15) is 0 Å². The van der Waals surface area contributed by atoms with Crippen molar-refractivity contribution in [3.8, 4) is 0 Å². The van der Waals surface area contributed by atoms with Gasteiger partial charge in [-0.15, -0.1) is 11.8 Å². The highest BCUT2D eigenvalue weighted by molar-refractivity contribution is 7.99. The number of rotatable bonds is 4. The van der Waals surface area contributed by atoms with E-state index in [2.05, 4.69) is 45.6 Å². The summed E-state index contributed by atoms with van der Waals surface area (Å²) in [6.45, 7) is 4.23. The highest BCUT2D eigenvalue weighted by Crippen LogP contribution is 2.34. The number of hydrogen-bond acceptors (Lipinski definition) is 6. The minimum Gasteiger partial charge on any atom is -0.384 e. The van der Waals surface area contributed by atoms with E-state index < -0.39 is 0 Å². The monoisotopic (exact) mass is 345 g/mol. The average Bonchev–Trinajstić information content (AvgIpc) is 2.81. The lowest BCUT2D eigenvalue weighted by molar-refractivity contribution is 0.888. The maximum Gasteiger partial charge on any atom is 0.191 e. The number of anilines is 1. The fraction of sp³-hybridized carbons (Fsp3) is 0.312. The molecule has 0 aromatic carbocycles. The molecule has 3 aromatic rings. The molecular weight excluding hydrogens is 326 g/mol. The van der Waals surface area contributed by atoms with Crippen molar-refractivity contribution in [1.29, 1.82) is 0 Å². The van der Waals surface area contributed by atoms with E-state index in [1.807, 2.05) is 19.5 Å². The molecule has 1 atom stereocenters. The Labute approximate surface area is 144 Å². The largest absolute Gasteiger partial charge is 0.384 e. The van der Waals surface area contributed by atoms with Gasteiger partial charge in [-0.05, 0) is 31.7 Å². The molecule has 0 aliphatic rings. The fourth-order valence-corrected chi connectivity index (χ4v) is 3.86. The average molecular weight is 345 g/mol. The highest BCUT2D eigenvalue weighted by Gasteiger charge is 2.14. The summed E-state index contributed by atoms with van der Waals surface area (Å²) < 4.78 is 2.10. The standard InChI is InChI=1S/C16H19N5S2/c1-9-8-21(3)13-7-18-12(5-11(9)13)10(2)23-16-19-14(17)6-15(20-16)22-4/h5-8,10H,1-4H3,(H2,17,19,20). The van der Waals surface area contributed by atoms with Gasteiger partial charge in [0.2, 0.25) is 0 Å². The van der Waals surface area contributed by atoms with Crippen LogP contribution in [0.15, 0.2) is 34.7 Å². The van der Waals surface area contributed by atoms with Gasteiger partial charge < -0.3 is 10.3 Å². The number of thioether (sulfide) groups is 2. The Bertz CT molecular complexity index is 859. The summed E-state index contributed by atoms with van der Waals surface area (Å²) in [5, 5.41) is 2.96. The second-order valence-electron chi connectivity index (χ2n) is 5.43. The Morgan fingerprint density at radius 1 is 1.26 bits per heavy atom. The number of aryl methyl sites for hydroxylation is 2. The van der Waals surface area contributed by atoms with Crippen molar-refractivity contribution >= 4 is 40.2 Å². The third kappa shape index (κ3) is 3.30. The van der Waals surface area contributed by atoms with Crippen molar-refractivity contribution < 1.29 is 0 Å². The van der Waals surface area contributed by atoms with E-state index in [-0.39, 0.29) is 5.25 Å². The number of pyridine rings is 1. The van der Waals surface area contributed by atoms with Gasteiger partial charge in [-0.25, -0.2) is 9.97 Å². The van der Waals surface area contributed by atoms with E-state index >= 15 is 0 Å². The van der Waals surface area contributed by atoms with Crippen molar-refractivity contribution in [3.63, 3.8) is 0 Å². The molecule has 7 heteroatoms. The topological polar surface area (TPSA) is 69.6 Å². The summed E-state index contributed by atoms with van der Waals surface area (Å²) in [5.41, 5.74) is 9.28. The molecule has 2 N–H and O–H groups in total. The van der Waals surface area contributed by atoms with Crippen LogP contribution in [0.5, 0.6) is 0 Å². The Morgan fingerprint density at radius 3 is 2.78 bits per heavy atom. The quantitative estimate of drug-likeness (QED) is 0.440. The molecule has 0 bridgehead atoms. The lowest BCUT2D eigenvalue weighted by atomic mass is 10.2. The van der Waals surface area contributed by atoms with Crippen LogP contribution >= 0.6 is 23.5 Å². The Hall–Kier alpha value is -1.73. The zero-order valence-corrected chi connectivity index (χ0v) is 15.2. The van der Waals surface area contributed by atoms with Gasteiger partial charge in [-0.3, -0.25) is 4.98 Å². The zero-order valence-electron chi connectivity index (χ0n) is 13.6. The predicted octanol–water partition coefficient (Wildman–Crippen LogP) is 3.83. The van der Waals surface area contributed by atoms with E-state index in [4.69, 9.17) is 5.73 Å². The van der Waals surface area contributed by atoms with Crippen LogP contribution in [0.25, 0.3) is 10.9 Å². The van der Waals surface area contributed by atoms with Gasteiger partial charge in [0.15, 0.2) is 5.16 Å². The molecule has 120 valence electrons. The van der Waals surface area contributed by atoms with Crippen molar-refractivity contribution in [2.24, 2.45) is 7.05 Å². The third-order valence-electron chi connectivity index (χ3n) is 3.71. The molecule has 0 saturated carbocycles. The molecule has 0 amide bonds. The van der Waals surface area contributed by atoms with Gasteiger partial charge in [0.05, 0.1) is 22.7 Å². The van der Waals surface area contributed by atoms with Crippen LogP contribution < -0.4 is 5.73 Å². The molecule has 23 heavy (non-hydrogen) atoms. The fourth-order valence-electron chi connectivity index (χ4n) is 2.51. The molecule has 1 unspecified atom stereocenters. The molecule has 3 heterocycles. The number of fused-ring (bicyclic) bond motifs is 1. The molecule has 0 radical (unpaired) electrons. The summed E-state index contributed by atoms with van der Waals surface area (Å²) in [6, 6.07) is 3.95. The first kappa shape index (κ1) is 16.1. The number of nitrogens with zero attached hydrogens (tertiary/aromatic N) is 4. The summed E-state index contributed by atoms with van der Waals surface area (Å²) in [7, 11) is 2.04. The number of hydrogen-bond donors (Lipinski definition) is 1. The van der Waals surface area contributed by atoms with E-state index in [1.165, 1.54) is 10.9 Å². The van der Waals surface area contributed by atoms with Crippen molar-refractivity contribution in [1.82, 2.24) is 19.5 Å². The first-order valence-electron chi connectivity index (χ1n) is 7.24. The third-order valence-corrected chi connectivity index (χ3v) is 5.32. The van der Waals surface area contributed by atoms with Crippen LogP contribution in [0, 0.1) is 6.92 Å². The van der Waals surface area contributed by atoms with Crippen LogP contribution in [0.2, 0.25) is 0 Å². The van der Waals surface area contributed by atoms with Gasteiger partial charge >= 0.3 is 0 Å². The minimum absolute atomic E-state index is 0.149. The number of nitrogen functional groups attached to an aromatic ring is 1. The molecule has 0 saturated heterocycles. The molecule has 0 aliphatic heterocycles. The molecule has 0 spiro atoms. The number of nitrogens with two attached hydrogens (primary N) is 1. The molecule has 3 aromatic heterocycles. The van der Waals surface area contributed by atoms with Crippen molar-refractivity contribution in [2.75, 3.05) is 12.0 Å². The second kappa shape index (κ2) is 6.41. The molecule has 3 rings (SSSR count). The maximum atomic E-state index is 5.85. The first-order valence-corrected chi connectivity index (χ1v) is 9.35. The Balaban J connectivity index is 1.90. The summed E-state index contributed by atoms with van der Waals surface area (Å²) >= 11 is 3.14. The molecule has 5 nitrogen and oxygen atoms in total. The Kier molecular flexibility index (Phi) is 4.50. The summed E-state index contributed by atoms with van der Waals surface area (Å²) in [5.74, 6) is 0.501. The van der Waals surface area contributed by atoms with E-state index in [1.54, 1.807) is 29.6 Å². The maximum absolute atomic E-state index is 5.85. The van der Waals surface area contributed by atoms with Crippen LogP contribution in [0.3, 0.4) is 0 Å². The minimum atomic E-state index is 0.149. The van der Waals surface area contributed by atoms with Crippen LogP contribution in [-0.2, 0) is 7.05 Å². The Morgan fingerprint density at radius 2 is 2.04 bits per heavy atom. The normalized spacial score (nSPS) is 12.7. The van der Waals surface area contributed by atoms with Gasteiger partial charge in [0.25, 0.3) is 0 Å². The van der Waals surface area contributed by atoms with E-state index in [0.717, 1.165) is 16.2 Å². The predicted molar refractivity (Wildman–Crippen MR) is 97.9 cm³/mol. The van der Waals surface area contributed by atoms with Crippen molar-refractivity contribution in [3.05, 3.63) is 35.8 Å². The van der Waals surface area contributed by atoms with Crippen LogP contribution in [0.4, 0.5) is 5.82 Å². The van der Waals surface area contributed by atoms with Gasteiger partial charge in [0.1, 0.15) is 10.8 Å². The summed E-state index contributed by atoms with van der Waals surface area (Å²) in [4.78, 5) is 13.4. The lowest BCUT2D eigenvalue weighted by Crippen LogP contribution is -1.99. The smallest absolute Gasteiger partial charge is 0.191 e. The first-order chi connectivity index (χ1) is 11.0. The molecule has 0 fully saturated rings. The van der Waals surface area contributed by atoms with Crippen LogP contribution in [-0.4, -0.2) is 25.8 Å². The lowest BCUT2D eigenvalue weighted by Gasteiger charge is -2.11. The number of aromatic nitrogens is 4. The SMILES string of the molecule is CSc1cc(N)nc(SC(C)c2cc3c(C)cn(C)c3cn2)n1. The van der Waals surface area contributed by atoms with Gasteiger partial charge in [0, 0.05) is 24.7 Å². The molecular formula is C16H19N5S2. The van der Waals surface area contributed by atoms with Gasteiger partial charge in [-0.1, -0.05) is 11.8 Å².